The van der Waals surface area contributed by atoms with E-state index in [9.17, 15) is 9.18 Å². The molecule has 2 aromatic rings. The predicted molar refractivity (Wildman–Crippen MR) is 77.9 cm³/mol. The molecule has 0 saturated carbocycles. The second-order valence-electron chi connectivity index (χ2n) is 3.79. The molecule has 0 aliphatic rings. The van der Waals surface area contributed by atoms with Gasteiger partial charge in [-0.2, -0.15) is 0 Å². The van der Waals surface area contributed by atoms with Gasteiger partial charge in [-0.1, -0.05) is 17.7 Å². The number of hydrogen-bond acceptors (Lipinski definition) is 2. The van der Waals surface area contributed by atoms with Crippen molar-refractivity contribution in [1.82, 2.24) is 0 Å². The fourth-order valence-electron chi connectivity index (χ4n) is 1.55. The molecule has 98 valence electrons. The molecule has 2 aromatic carbocycles. The molecule has 0 aliphatic carbocycles. The van der Waals surface area contributed by atoms with Crippen molar-refractivity contribution in [3.8, 4) is 0 Å². The van der Waals surface area contributed by atoms with E-state index in [1.54, 1.807) is 18.2 Å². The number of nitrogen functional groups attached to an aromatic ring is 1. The first-order valence-electron chi connectivity index (χ1n) is 5.29. The summed E-state index contributed by atoms with van der Waals surface area (Å²) in [6.07, 6.45) is 0. The molecule has 0 bridgehead atoms. The van der Waals surface area contributed by atoms with Crippen LogP contribution >= 0.6 is 27.5 Å². The monoisotopic (exact) mass is 342 g/mol. The van der Waals surface area contributed by atoms with Crippen molar-refractivity contribution < 1.29 is 9.18 Å². The van der Waals surface area contributed by atoms with E-state index >= 15 is 0 Å². The number of carbonyl (C=O) groups is 1. The molecule has 0 aliphatic heterocycles. The standard InChI is InChI=1S/C13H9BrClFN2O/c14-8-6-7(4-5-10(8)16)18-13(19)12-9(15)2-1-3-11(12)17/h1-6H,17H2,(H,18,19). The van der Waals surface area contributed by atoms with Crippen molar-refractivity contribution in [3.63, 3.8) is 0 Å². The Bertz CT molecular complexity index is 628. The van der Waals surface area contributed by atoms with Crippen LogP contribution in [0.5, 0.6) is 0 Å². The van der Waals surface area contributed by atoms with E-state index in [0.29, 0.717) is 5.69 Å². The van der Waals surface area contributed by atoms with E-state index < -0.39 is 11.7 Å². The Labute approximate surface area is 122 Å². The second-order valence-corrected chi connectivity index (χ2v) is 5.05. The fourth-order valence-corrected chi connectivity index (χ4v) is 2.19. The molecule has 0 fully saturated rings. The molecule has 3 N–H and O–H groups in total. The lowest BCUT2D eigenvalue weighted by Crippen LogP contribution is -2.14. The lowest BCUT2D eigenvalue weighted by molar-refractivity contribution is 0.102. The Hall–Kier alpha value is -1.59. The highest BCUT2D eigenvalue weighted by Gasteiger charge is 2.14. The Morgan fingerprint density at radius 2 is 2.05 bits per heavy atom. The third kappa shape index (κ3) is 3.05. The molecule has 0 spiro atoms. The molecule has 19 heavy (non-hydrogen) atoms. The first kappa shape index (κ1) is 13.8. The van der Waals surface area contributed by atoms with Crippen molar-refractivity contribution in [3.05, 3.63) is 57.3 Å². The number of nitrogens with two attached hydrogens (primary N) is 1. The van der Waals surface area contributed by atoms with Crippen LogP contribution in [-0.2, 0) is 0 Å². The third-order valence-corrected chi connectivity index (χ3v) is 3.37. The molecule has 0 radical (unpaired) electrons. The smallest absolute Gasteiger partial charge is 0.259 e. The van der Waals surface area contributed by atoms with Gasteiger partial charge in [0.15, 0.2) is 0 Å². The zero-order valence-electron chi connectivity index (χ0n) is 9.58. The fraction of sp³-hybridized carbons (Fsp3) is 0. The Balaban J connectivity index is 2.28. The predicted octanol–water partition coefficient (Wildman–Crippen LogP) is 4.08. The number of hydrogen-bond donors (Lipinski definition) is 2. The average molecular weight is 344 g/mol. The van der Waals surface area contributed by atoms with Gasteiger partial charge in [-0.05, 0) is 46.3 Å². The molecule has 6 heteroatoms. The van der Waals surface area contributed by atoms with E-state index in [1.165, 1.54) is 18.2 Å². The van der Waals surface area contributed by atoms with Crippen LogP contribution in [0.25, 0.3) is 0 Å². The highest BCUT2D eigenvalue weighted by atomic mass is 79.9. The van der Waals surface area contributed by atoms with Crippen LogP contribution in [0.2, 0.25) is 5.02 Å². The molecule has 2 rings (SSSR count). The van der Waals surface area contributed by atoms with Crippen LogP contribution < -0.4 is 11.1 Å². The van der Waals surface area contributed by atoms with Gasteiger partial charge in [-0.25, -0.2) is 4.39 Å². The minimum atomic E-state index is -0.443. The lowest BCUT2D eigenvalue weighted by Gasteiger charge is -2.09. The van der Waals surface area contributed by atoms with Crippen molar-refractivity contribution in [2.24, 2.45) is 0 Å². The summed E-state index contributed by atoms with van der Waals surface area (Å²) in [5.41, 5.74) is 6.64. The maximum atomic E-state index is 13.1. The first-order chi connectivity index (χ1) is 8.99. The van der Waals surface area contributed by atoms with Gasteiger partial charge in [0.1, 0.15) is 5.82 Å². The summed E-state index contributed by atoms with van der Waals surface area (Å²) < 4.78 is 13.3. The summed E-state index contributed by atoms with van der Waals surface area (Å²) in [4.78, 5) is 12.1. The summed E-state index contributed by atoms with van der Waals surface area (Å²) in [6.45, 7) is 0. The Kier molecular flexibility index (Phi) is 4.07. The van der Waals surface area contributed by atoms with Gasteiger partial charge in [0.2, 0.25) is 0 Å². The highest BCUT2D eigenvalue weighted by molar-refractivity contribution is 9.10. The number of nitrogens with one attached hydrogen (secondary N) is 1. The molecule has 0 heterocycles. The quantitative estimate of drug-likeness (QED) is 0.807. The van der Waals surface area contributed by atoms with Gasteiger partial charge in [-0.3, -0.25) is 4.79 Å². The molecule has 0 unspecified atom stereocenters. The normalized spacial score (nSPS) is 10.3. The topological polar surface area (TPSA) is 55.1 Å². The van der Waals surface area contributed by atoms with Crippen molar-refractivity contribution >= 4 is 44.8 Å². The van der Waals surface area contributed by atoms with Gasteiger partial charge in [0, 0.05) is 11.4 Å². The van der Waals surface area contributed by atoms with Crippen LogP contribution in [0, 0.1) is 5.82 Å². The van der Waals surface area contributed by atoms with Crippen LogP contribution in [-0.4, -0.2) is 5.91 Å². The number of anilines is 2. The van der Waals surface area contributed by atoms with E-state index in [-0.39, 0.29) is 20.7 Å². The summed E-state index contributed by atoms with van der Waals surface area (Å²) in [6, 6.07) is 8.97. The van der Waals surface area contributed by atoms with Gasteiger partial charge in [-0.15, -0.1) is 0 Å². The van der Waals surface area contributed by atoms with Gasteiger partial charge in [0.25, 0.3) is 5.91 Å². The summed E-state index contributed by atoms with van der Waals surface area (Å²) >= 11 is 8.98. The molecule has 0 aromatic heterocycles. The van der Waals surface area contributed by atoms with Crippen LogP contribution in [0.15, 0.2) is 40.9 Å². The van der Waals surface area contributed by atoms with E-state index in [1.807, 2.05) is 0 Å². The van der Waals surface area contributed by atoms with Gasteiger partial charge >= 0.3 is 0 Å². The number of benzene rings is 2. The molecular weight excluding hydrogens is 335 g/mol. The second kappa shape index (κ2) is 5.59. The zero-order chi connectivity index (χ0) is 14.0. The minimum absolute atomic E-state index is 0.199. The van der Waals surface area contributed by atoms with E-state index in [4.69, 9.17) is 17.3 Å². The third-order valence-electron chi connectivity index (χ3n) is 2.45. The maximum absolute atomic E-state index is 13.1. The highest BCUT2D eigenvalue weighted by Crippen LogP contribution is 2.25. The summed E-state index contributed by atoms with van der Waals surface area (Å²) in [5.74, 6) is -0.850. The maximum Gasteiger partial charge on any atom is 0.259 e. The van der Waals surface area contributed by atoms with Crippen LogP contribution in [0.3, 0.4) is 0 Å². The Morgan fingerprint density at radius 3 is 2.68 bits per heavy atom. The van der Waals surface area contributed by atoms with Gasteiger partial charge < -0.3 is 11.1 Å². The number of rotatable bonds is 2. The number of halogens is 3. The number of carbonyl (C=O) groups excluding carboxylic acids is 1. The zero-order valence-corrected chi connectivity index (χ0v) is 11.9. The molecule has 0 saturated heterocycles. The van der Waals surface area contributed by atoms with Gasteiger partial charge in [0.05, 0.1) is 15.1 Å². The van der Waals surface area contributed by atoms with Crippen molar-refractivity contribution in [1.29, 1.82) is 0 Å². The summed E-state index contributed by atoms with van der Waals surface area (Å²) in [5, 5.41) is 2.87. The first-order valence-corrected chi connectivity index (χ1v) is 6.46. The largest absolute Gasteiger partial charge is 0.398 e. The molecular formula is C13H9BrClFN2O. The Morgan fingerprint density at radius 1 is 1.32 bits per heavy atom. The average Bonchev–Trinajstić information content (AvgIpc) is 2.33. The molecule has 0 atom stereocenters. The van der Waals surface area contributed by atoms with Crippen molar-refractivity contribution in [2.75, 3.05) is 11.1 Å². The van der Waals surface area contributed by atoms with E-state index in [2.05, 4.69) is 21.2 Å². The lowest BCUT2D eigenvalue weighted by atomic mass is 10.1. The minimum Gasteiger partial charge on any atom is -0.398 e. The SMILES string of the molecule is Nc1cccc(Cl)c1C(=O)Nc1ccc(F)c(Br)c1. The van der Waals surface area contributed by atoms with Crippen LogP contribution in [0.1, 0.15) is 10.4 Å². The van der Waals surface area contributed by atoms with E-state index in [0.717, 1.165) is 0 Å². The van der Waals surface area contributed by atoms with Crippen molar-refractivity contribution in [2.45, 2.75) is 0 Å². The van der Waals surface area contributed by atoms with Crippen LogP contribution in [0.4, 0.5) is 15.8 Å². The molecule has 1 amide bonds. The molecule has 3 nitrogen and oxygen atoms in total. The summed E-state index contributed by atoms with van der Waals surface area (Å²) in [7, 11) is 0. The number of amides is 1.